The Hall–Kier alpha value is -0.890. The van der Waals surface area contributed by atoms with E-state index in [9.17, 15) is 9.18 Å². The maximum Gasteiger partial charge on any atom is 0.152 e. The van der Waals surface area contributed by atoms with Crippen LogP contribution in [0.4, 0.5) is 4.39 Å². The van der Waals surface area contributed by atoms with Crippen LogP contribution in [0.25, 0.3) is 0 Å². The topological polar surface area (TPSA) is 17.1 Å². The van der Waals surface area contributed by atoms with Gasteiger partial charge in [0.1, 0.15) is 11.2 Å². The van der Waals surface area contributed by atoms with Crippen LogP contribution in [0.3, 0.4) is 0 Å². The third kappa shape index (κ3) is 2.28. The Balaban J connectivity index is 3.12. The summed E-state index contributed by atoms with van der Waals surface area (Å²) in [5.41, 5.74) is 1.15. The summed E-state index contributed by atoms with van der Waals surface area (Å²) in [5, 5.41) is -0.875. The van der Waals surface area contributed by atoms with Gasteiger partial charge in [-0.25, -0.2) is 4.39 Å². The molecule has 0 radical (unpaired) electrons. The molecule has 0 N–H and O–H groups in total. The summed E-state index contributed by atoms with van der Waals surface area (Å²) >= 11 is 5.73. The number of Topliss-reactive ketones (excluding diaryl/α,β-unsaturated/α-hetero) is 1. The molecule has 3 heteroatoms. The zero-order chi connectivity index (χ0) is 10.0. The van der Waals surface area contributed by atoms with Gasteiger partial charge in [0.25, 0.3) is 0 Å². The molecule has 1 nitrogen and oxygen atoms in total. The van der Waals surface area contributed by atoms with Gasteiger partial charge in [-0.2, -0.15) is 0 Å². The molecule has 1 atom stereocenters. The summed E-state index contributed by atoms with van der Waals surface area (Å²) in [6.45, 7) is 3.17. The van der Waals surface area contributed by atoms with Crippen LogP contribution in [0, 0.1) is 12.7 Å². The van der Waals surface area contributed by atoms with Gasteiger partial charge >= 0.3 is 0 Å². The molecule has 0 bridgehead atoms. The number of ketones is 1. The highest BCUT2D eigenvalue weighted by molar-refractivity contribution is 6.30. The van der Waals surface area contributed by atoms with Crippen molar-refractivity contribution in [2.24, 2.45) is 0 Å². The Bertz CT molecular complexity index is 336. The second-order valence-electron chi connectivity index (χ2n) is 3.00. The van der Waals surface area contributed by atoms with E-state index in [1.165, 1.54) is 13.0 Å². The Kier molecular flexibility index (Phi) is 3.04. The molecule has 0 aliphatic rings. The van der Waals surface area contributed by atoms with Crippen molar-refractivity contribution in [3.63, 3.8) is 0 Å². The normalized spacial score (nSPS) is 12.6. The standard InChI is InChI=1S/C10H10ClFO/c1-6-3-4-9(12)8(5-6)10(11)7(2)13/h3-5,10H,1-2H3. The van der Waals surface area contributed by atoms with Gasteiger partial charge in [-0.1, -0.05) is 17.7 Å². The summed E-state index contributed by atoms with van der Waals surface area (Å²) in [6, 6.07) is 4.56. The monoisotopic (exact) mass is 200 g/mol. The molecule has 0 fully saturated rings. The molecule has 0 heterocycles. The van der Waals surface area contributed by atoms with Crippen LogP contribution in [0.5, 0.6) is 0 Å². The second kappa shape index (κ2) is 3.88. The molecule has 1 aromatic rings. The number of rotatable bonds is 2. The average molecular weight is 201 g/mol. The van der Waals surface area contributed by atoms with Crippen LogP contribution in [0.1, 0.15) is 23.4 Å². The lowest BCUT2D eigenvalue weighted by molar-refractivity contribution is -0.116. The summed E-state index contributed by atoms with van der Waals surface area (Å²) in [7, 11) is 0. The van der Waals surface area contributed by atoms with Gasteiger partial charge in [-0.15, -0.1) is 11.6 Å². The van der Waals surface area contributed by atoms with E-state index in [1.54, 1.807) is 12.1 Å². The summed E-state index contributed by atoms with van der Waals surface area (Å²) in [4.78, 5) is 10.9. The van der Waals surface area contributed by atoms with Crippen molar-refractivity contribution < 1.29 is 9.18 Å². The van der Waals surface area contributed by atoms with Crippen molar-refractivity contribution in [2.45, 2.75) is 19.2 Å². The predicted molar refractivity (Wildman–Crippen MR) is 50.4 cm³/mol. The molecular formula is C10H10ClFO. The minimum absolute atomic E-state index is 0.244. The van der Waals surface area contributed by atoms with Crippen LogP contribution in [-0.2, 0) is 4.79 Å². The molecule has 0 aromatic heterocycles. The number of aryl methyl sites for hydroxylation is 1. The fourth-order valence-corrected chi connectivity index (χ4v) is 1.24. The number of hydrogen-bond donors (Lipinski definition) is 0. The largest absolute Gasteiger partial charge is 0.298 e. The van der Waals surface area contributed by atoms with Crippen molar-refractivity contribution in [2.75, 3.05) is 0 Å². The zero-order valence-corrected chi connectivity index (χ0v) is 8.23. The van der Waals surface area contributed by atoms with E-state index in [-0.39, 0.29) is 11.3 Å². The average Bonchev–Trinajstić information content (AvgIpc) is 2.08. The summed E-state index contributed by atoms with van der Waals surface area (Å²) in [5.74, 6) is -0.674. The molecule has 13 heavy (non-hydrogen) atoms. The fourth-order valence-electron chi connectivity index (χ4n) is 1.08. The van der Waals surface area contributed by atoms with Crippen LogP contribution in [-0.4, -0.2) is 5.78 Å². The predicted octanol–water partition coefficient (Wildman–Crippen LogP) is 3.00. The molecule has 1 unspecified atom stereocenters. The lowest BCUT2D eigenvalue weighted by atomic mass is 10.1. The van der Waals surface area contributed by atoms with E-state index in [1.807, 2.05) is 6.92 Å². The number of alkyl halides is 1. The first-order chi connectivity index (χ1) is 6.02. The van der Waals surface area contributed by atoms with Crippen LogP contribution >= 0.6 is 11.6 Å². The Morgan fingerprint density at radius 1 is 1.54 bits per heavy atom. The van der Waals surface area contributed by atoms with Crippen molar-refractivity contribution in [1.82, 2.24) is 0 Å². The van der Waals surface area contributed by atoms with Gasteiger partial charge in [0, 0.05) is 5.56 Å². The molecule has 0 saturated heterocycles. The maximum atomic E-state index is 13.1. The van der Waals surface area contributed by atoms with E-state index in [0.29, 0.717) is 0 Å². The Morgan fingerprint density at radius 3 is 2.69 bits per heavy atom. The number of carbonyl (C=O) groups excluding carboxylic acids is 1. The van der Waals surface area contributed by atoms with Gasteiger partial charge in [0.2, 0.25) is 0 Å². The first kappa shape index (κ1) is 10.2. The van der Waals surface area contributed by atoms with Crippen molar-refractivity contribution in [3.8, 4) is 0 Å². The van der Waals surface area contributed by atoms with Crippen molar-refractivity contribution in [1.29, 1.82) is 0 Å². The molecule has 1 aromatic carbocycles. The second-order valence-corrected chi connectivity index (χ2v) is 3.43. The third-order valence-corrected chi connectivity index (χ3v) is 2.32. The zero-order valence-electron chi connectivity index (χ0n) is 7.47. The first-order valence-electron chi connectivity index (χ1n) is 3.93. The SMILES string of the molecule is CC(=O)C(Cl)c1cc(C)ccc1F. The smallest absolute Gasteiger partial charge is 0.152 e. The van der Waals surface area contributed by atoms with Gasteiger partial charge in [-0.05, 0) is 19.9 Å². The first-order valence-corrected chi connectivity index (χ1v) is 4.36. The van der Waals surface area contributed by atoms with Crippen LogP contribution in [0.15, 0.2) is 18.2 Å². The van der Waals surface area contributed by atoms with Gasteiger partial charge in [-0.3, -0.25) is 4.79 Å². The van der Waals surface area contributed by atoms with Crippen LogP contribution in [0.2, 0.25) is 0 Å². The molecular weight excluding hydrogens is 191 g/mol. The van der Waals surface area contributed by atoms with E-state index in [4.69, 9.17) is 11.6 Å². The summed E-state index contributed by atoms with van der Waals surface area (Å²) in [6.07, 6.45) is 0. The number of benzene rings is 1. The molecule has 70 valence electrons. The highest BCUT2D eigenvalue weighted by atomic mass is 35.5. The van der Waals surface area contributed by atoms with E-state index in [0.717, 1.165) is 5.56 Å². The maximum absolute atomic E-state index is 13.1. The quantitative estimate of drug-likeness (QED) is 0.671. The lowest BCUT2D eigenvalue weighted by Gasteiger charge is -2.07. The molecule has 0 amide bonds. The van der Waals surface area contributed by atoms with Crippen molar-refractivity contribution in [3.05, 3.63) is 35.1 Å². The molecule has 0 aliphatic heterocycles. The summed E-state index contributed by atoms with van der Waals surface area (Å²) < 4.78 is 13.1. The molecule has 1 rings (SSSR count). The van der Waals surface area contributed by atoms with Gasteiger partial charge in [0.05, 0.1) is 0 Å². The van der Waals surface area contributed by atoms with Gasteiger partial charge in [0.15, 0.2) is 5.78 Å². The minimum atomic E-state index is -0.875. The van der Waals surface area contributed by atoms with E-state index >= 15 is 0 Å². The number of carbonyl (C=O) groups is 1. The molecule has 0 saturated carbocycles. The number of halogens is 2. The fraction of sp³-hybridized carbons (Fsp3) is 0.300. The van der Waals surface area contributed by atoms with E-state index < -0.39 is 11.2 Å². The number of hydrogen-bond acceptors (Lipinski definition) is 1. The Morgan fingerprint density at radius 2 is 2.15 bits per heavy atom. The van der Waals surface area contributed by atoms with Gasteiger partial charge < -0.3 is 0 Å². The highest BCUT2D eigenvalue weighted by Crippen LogP contribution is 2.24. The molecule has 0 aliphatic carbocycles. The third-order valence-electron chi connectivity index (χ3n) is 1.78. The Labute approximate surface area is 81.5 Å². The van der Waals surface area contributed by atoms with E-state index in [2.05, 4.69) is 0 Å². The minimum Gasteiger partial charge on any atom is -0.298 e. The molecule has 0 spiro atoms. The van der Waals surface area contributed by atoms with Crippen molar-refractivity contribution >= 4 is 17.4 Å². The lowest BCUT2D eigenvalue weighted by Crippen LogP contribution is -2.04. The van der Waals surface area contributed by atoms with Crippen LogP contribution < -0.4 is 0 Å². The highest BCUT2D eigenvalue weighted by Gasteiger charge is 2.16.